The van der Waals surface area contributed by atoms with Crippen molar-refractivity contribution < 1.29 is 43.9 Å². The topological polar surface area (TPSA) is 90.9 Å². The lowest BCUT2D eigenvalue weighted by atomic mass is 10.5. The van der Waals surface area contributed by atoms with Gasteiger partial charge in [-0.25, -0.2) is 9.78 Å². The molecule has 0 aliphatic rings. The second-order valence-corrected chi connectivity index (χ2v) is 2.89. The molecule has 2 unspecified atom stereocenters. The smallest absolute Gasteiger partial charge is 0.353 e. The van der Waals surface area contributed by atoms with Gasteiger partial charge in [-0.1, -0.05) is 13.8 Å². The summed E-state index contributed by atoms with van der Waals surface area (Å²) in [6.07, 6.45) is -1.63. The van der Waals surface area contributed by atoms with Crippen molar-refractivity contribution in [2.75, 3.05) is 14.2 Å². The van der Waals surface area contributed by atoms with Crippen LogP contribution in [0.25, 0.3) is 0 Å². The van der Waals surface area contributed by atoms with Crippen LogP contribution in [-0.4, -0.2) is 33.0 Å². The fourth-order valence-corrected chi connectivity index (χ4v) is 0.744. The van der Waals surface area contributed by atoms with Crippen LogP contribution in [0.5, 0.6) is 0 Å². The van der Waals surface area contributed by atoms with Gasteiger partial charge in [-0.3, -0.25) is 0 Å². The molecule has 0 aromatic carbocycles. The van der Waals surface area contributed by atoms with Crippen molar-refractivity contribution in [1.29, 1.82) is 0 Å². The molecule has 0 heterocycles. The van der Waals surface area contributed by atoms with Crippen LogP contribution in [0, 0.1) is 0 Å². The van der Waals surface area contributed by atoms with Crippen molar-refractivity contribution >= 4 is 6.16 Å². The van der Waals surface area contributed by atoms with Gasteiger partial charge in [0.05, 0.1) is 0 Å². The SMILES string of the molecule is CCC(OC)OOOC(=O)OOOC(CC)OC. The summed E-state index contributed by atoms with van der Waals surface area (Å²) in [5.74, 6) is 0. The molecule has 0 saturated heterocycles. The predicted octanol–water partition coefficient (Wildman–Crippen LogP) is 1.63. The average Bonchev–Trinajstić information content (AvgIpc) is 2.40. The van der Waals surface area contributed by atoms with Crippen molar-refractivity contribution in [3.05, 3.63) is 0 Å². The summed E-state index contributed by atoms with van der Waals surface area (Å²) in [6, 6.07) is 0. The minimum atomic E-state index is -1.31. The Balaban J connectivity index is 3.54. The van der Waals surface area contributed by atoms with Gasteiger partial charge < -0.3 is 9.47 Å². The summed E-state index contributed by atoms with van der Waals surface area (Å²) in [7, 11) is 2.81. The summed E-state index contributed by atoms with van der Waals surface area (Å²) >= 11 is 0. The first kappa shape index (κ1) is 17.0. The first-order valence-corrected chi connectivity index (χ1v) is 5.27. The van der Waals surface area contributed by atoms with E-state index in [1.807, 2.05) is 0 Å². The number of carbonyl (C=O) groups is 1. The maximum absolute atomic E-state index is 10.8. The summed E-state index contributed by atoms with van der Waals surface area (Å²) in [6.45, 7) is 3.56. The zero-order valence-corrected chi connectivity index (χ0v) is 10.7. The maximum atomic E-state index is 10.8. The summed E-state index contributed by atoms with van der Waals surface area (Å²) < 4.78 is 9.54. The highest BCUT2D eigenvalue weighted by molar-refractivity contribution is 5.57. The molecule has 0 radical (unpaired) electrons. The van der Waals surface area contributed by atoms with E-state index in [1.54, 1.807) is 13.8 Å². The van der Waals surface area contributed by atoms with Gasteiger partial charge in [0.1, 0.15) is 0 Å². The molecule has 0 aliphatic heterocycles. The van der Waals surface area contributed by atoms with Crippen LogP contribution in [0.2, 0.25) is 0 Å². The average molecular weight is 270 g/mol. The number of methoxy groups -OCH3 is 2. The Kier molecular flexibility index (Phi) is 10.5. The highest BCUT2D eigenvalue weighted by atomic mass is 17.6. The van der Waals surface area contributed by atoms with E-state index >= 15 is 0 Å². The molecule has 2 atom stereocenters. The Morgan fingerprint density at radius 2 is 1.28 bits per heavy atom. The van der Waals surface area contributed by atoms with Gasteiger partial charge in [0.2, 0.25) is 0 Å². The minimum absolute atomic E-state index is 0.501. The van der Waals surface area contributed by atoms with Gasteiger partial charge >= 0.3 is 6.16 Å². The van der Waals surface area contributed by atoms with E-state index in [4.69, 9.17) is 9.47 Å². The van der Waals surface area contributed by atoms with Crippen molar-refractivity contribution in [2.45, 2.75) is 39.3 Å². The fraction of sp³-hybridized carbons (Fsp3) is 0.889. The maximum Gasteiger partial charge on any atom is 0.577 e. The van der Waals surface area contributed by atoms with Gasteiger partial charge in [0.25, 0.3) is 0 Å². The molecular weight excluding hydrogens is 252 g/mol. The Hall–Kier alpha value is -0.970. The Morgan fingerprint density at radius 3 is 1.56 bits per heavy atom. The van der Waals surface area contributed by atoms with E-state index in [1.165, 1.54) is 14.2 Å². The van der Waals surface area contributed by atoms with Crippen LogP contribution in [-0.2, 0) is 39.1 Å². The molecule has 0 bridgehead atoms. The predicted molar refractivity (Wildman–Crippen MR) is 54.1 cm³/mol. The number of hydrogen-bond acceptors (Lipinski definition) is 9. The Morgan fingerprint density at radius 1 is 0.889 bits per heavy atom. The molecule has 0 aromatic rings. The Labute approximate surface area is 104 Å². The van der Waals surface area contributed by atoms with Crippen LogP contribution >= 0.6 is 0 Å². The van der Waals surface area contributed by atoms with Gasteiger partial charge in [0.15, 0.2) is 12.6 Å². The fourth-order valence-electron chi connectivity index (χ4n) is 0.744. The Bertz CT molecular complexity index is 182. The van der Waals surface area contributed by atoms with Crippen molar-refractivity contribution in [1.82, 2.24) is 0 Å². The lowest BCUT2D eigenvalue weighted by Crippen LogP contribution is -2.19. The second kappa shape index (κ2) is 11.1. The molecule has 0 aromatic heterocycles. The van der Waals surface area contributed by atoms with E-state index in [9.17, 15) is 4.79 Å². The third-order valence-electron chi connectivity index (χ3n) is 1.69. The van der Waals surface area contributed by atoms with Crippen LogP contribution in [0.1, 0.15) is 26.7 Å². The standard InChI is InChI=1S/C9H18O9/c1-5-7(11-3)13-17-15-9(10)16-18-14-8(6-2)12-4/h7-8H,5-6H2,1-4H3. The number of hydrogen-bond donors (Lipinski definition) is 0. The van der Waals surface area contributed by atoms with E-state index in [0.29, 0.717) is 12.8 Å². The third kappa shape index (κ3) is 8.17. The minimum Gasteiger partial charge on any atom is -0.353 e. The molecule has 0 rings (SSSR count). The number of carbonyl (C=O) groups excluding carboxylic acids is 1. The van der Waals surface area contributed by atoms with E-state index in [-0.39, 0.29) is 0 Å². The van der Waals surface area contributed by atoms with Crippen LogP contribution < -0.4 is 0 Å². The molecule has 0 saturated carbocycles. The second-order valence-electron chi connectivity index (χ2n) is 2.89. The summed E-state index contributed by atoms with van der Waals surface area (Å²) in [5.41, 5.74) is 0. The normalized spacial score (nSPS) is 14.0. The zero-order chi connectivity index (χ0) is 13.8. The monoisotopic (exact) mass is 270 g/mol. The quantitative estimate of drug-likeness (QED) is 0.333. The molecule has 0 amide bonds. The first-order valence-electron chi connectivity index (χ1n) is 5.27. The van der Waals surface area contributed by atoms with Crippen LogP contribution in [0.15, 0.2) is 0 Å². The number of rotatable bonds is 10. The molecule has 18 heavy (non-hydrogen) atoms. The number of ether oxygens (including phenoxy) is 2. The van der Waals surface area contributed by atoms with Crippen molar-refractivity contribution in [3.8, 4) is 0 Å². The van der Waals surface area contributed by atoms with Gasteiger partial charge in [-0.15, -0.1) is 0 Å². The highest BCUT2D eigenvalue weighted by Crippen LogP contribution is 2.02. The molecule has 0 fully saturated rings. The van der Waals surface area contributed by atoms with Gasteiger partial charge in [-0.05, 0) is 22.9 Å². The van der Waals surface area contributed by atoms with E-state index in [0.717, 1.165) is 0 Å². The first-order chi connectivity index (χ1) is 8.67. The zero-order valence-electron chi connectivity index (χ0n) is 10.7. The molecule has 0 spiro atoms. The van der Waals surface area contributed by atoms with E-state index in [2.05, 4.69) is 29.6 Å². The summed E-state index contributed by atoms with van der Waals surface area (Å²) in [5, 5.41) is 8.17. The largest absolute Gasteiger partial charge is 0.577 e. The van der Waals surface area contributed by atoms with E-state index < -0.39 is 18.7 Å². The highest BCUT2D eigenvalue weighted by Gasteiger charge is 2.13. The van der Waals surface area contributed by atoms with Crippen LogP contribution in [0.3, 0.4) is 0 Å². The lowest BCUT2D eigenvalue weighted by Gasteiger charge is -2.11. The van der Waals surface area contributed by atoms with Gasteiger partial charge in [0, 0.05) is 14.2 Å². The van der Waals surface area contributed by atoms with Crippen LogP contribution in [0.4, 0.5) is 4.79 Å². The summed E-state index contributed by atoms with van der Waals surface area (Å²) in [4.78, 5) is 27.9. The van der Waals surface area contributed by atoms with Crippen molar-refractivity contribution in [3.63, 3.8) is 0 Å². The lowest BCUT2D eigenvalue weighted by molar-refractivity contribution is -0.559. The molecule has 0 aliphatic carbocycles. The molecule has 108 valence electrons. The molecular formula is C9H18O9. The molecule has 9 heteroatoms. The van der Waals surface area contributed by atoms with Gasteiger partial charge in [-0.2, -0.15) is 14.6 Å². The molecule has 9 nitrogen and oxygen atoms in total. The van der Waals surface area contributed by atoms with Crippen molar-refractivity contribution in [2.24, 2.45) is 0 Å². The molecule has 0 N–H and O–H groups in total. The third-order valence-corrected chi connectivity index (χ3v) is 1.69.